The van der Waals surface area contributed by atoms with Crippen molar-refractivity contribution in [2.24, 2.45) is 5.73 Å². The van der Waals surface area contributed by atoms with E-state index in [0.29, 0.717) is 6.54 Å². The lowest BCUT2D eigenvalue weighted by atomic mass is 10.2. The summed E-state index contributed by atoms with van der Waals surface area (Å²) in [4.78, 5) is 9.31. The minimum atomic E-state index is 0.609. The Labute approximate surface area is 126 Å². The highest BCUT2D eigenvalue weighted by atomic mass is 15.3. The lowest BCUT2D eigenvalue weighted by Gasteiger charge is -2.36. The fraction of sp³-hybridized carbons (Fsp3) is 0.353. The third kappa shape index (κ3) is 3.60. The Bertz CT molecular complexity index is 545. The second kappa shape index (κ2) is 6.70. The minimum absolute atomic E-state index is 0.609. The summed E-state index contributed by atoms with van der Waals surface area (Å²) in [6.07, 6.45) is 1.87. The summed E-state index contributed by atoms with van der Waals surface area (Å²) in [7, 11) is 0. The molecule has 0 unspecified atom stereocenters. The second-order valence-corrected chi connectivity index (χ2v) is 5.45. The van der Waals surface area contributed by atoms with Crippen LogP contribution in [0.2, 0.25) is 0 Å². The summed E-state index contributed by atoms with van der Waals surface area (Å²) in [5, 5.41) is 0. The molecule has 0 amide bonds. The van der Waals surface area contributed by atoms with Gasteiger partial charge in [-0.2, -0.15) is 0 Å². The van der Waals surface area contributed by atoms with Crippen molar-refractivity contribution in [2.45, 2.75) is 13.1 Å². The Morgan fingerprint density at radius 2 is 1.71 bits per heavy atom. The number of piperazine rings is 1. The minimum Gasteiger partial charge on any atom is -0.369 e. The molecule has 4 heteroatoms. The fourth-order valence-corrected chi connectivity index (χ4v) is 2.73. The van der Waals surface area contributed by atoms with Gasteiger partial charge in [0, 0.05) is 51.2 Å². The summed E-state index contributed by atoms with van der Waals surface area (Å²) in [6, 6.07) is 14.7. The average molecular weight is 282 g/mol. The van der Waals surface area contributed by atoms with E-state index in [-0.39, 0.29) is 0 Å². The molecule has 2 N–H and O–H groups in total. The van der Waals surface area contributed by atoms with Crippen LogP contribution in [-0.4, -0.2) is 36.1 Å². The van der Waals surface area contributed by atoms with Crippen LogP contribution in [-0.2, 0) is 13.1 Å². The lowest BCUT2D eigenvalue weighted by molar-refractivity contribution is 0.247. The molecule has 3 rings (SSSR count). The van der Waals surface area contributed by atoms with E-state index in [0.717, 1.165) is 38.4 Å². The summed E-state index contributed by atoms with van der Waals surface area (Å²) in [6.45, 7) is 5.84. The molecule has 1 aromatic carbocycles. The highest BCUT2D eigenvalue weighted by Crippen LogP contribution is 2.17. The van der Waals surface area contributed by atoms with Crippen molar-refractivity contribution in [3.05, 3.63) is 59.9 Å². The van der Waals surface area contributed by atoms with Gasteiger partial charge in [0.2, 0.25) is 0 Å². The third-order valence-corrected chi connectivity index (χ3v) is 4.02. The molecule has 0 saturated carbocycles. The second-order valence-electron chi connectivity index (χ2n) is 5.45. The molecule has 0 radical (unpaired) electrons. The van der Waals surface area contributed by atoms with Crippen LogP contribution in [0.5, 0.6) is 0 Å². The van der Waals surface area contributed by atoms with Crippen LogP contribution >= 0.6 is 0 Å². The number of hydrogen-bond acceptors (Lipinski definition) is 4. The van der Waals surface area contributed by atoms with Crippen LogP contribution in [0, 0.1) is 0 Å². The number of nitrogens with two attached hydrogens (primary N) is 1. The van der Waals surface area contributed by atoms with Gasteiger partial charge in [0.05, 0.1) is 5.69 Å². The van der Waals surface area contributed by atoms with Gasteiger partial charge in [-0.25, -0.2) is 0 Å². The Hall–Kier alpha value is -1.91. The third-order valence-electron chi connectivity index (χ3n) is 4.02. The van der Waals surface area contributed by atoms with Gasteiger partial charge in [0.1, 0.15) is 0 Å². The van der Waals surface area contributed by atoms with E-state index < -0.39 is 0 Å². The molecular weight excluding hydrogens is 260 g/mol. The lowest BCUT2D eigenvalue weighted by Crippen LogP contribution is -2.46. The van der Waals surface area contributed by atoms with E-state index in [2.05, 4.69) is 51.2 Å². The number of pyridine rings is 1. The molecule has 2 aromatic rings. The Balaban J connectivity index is 1.54. The van der Waals surface area contributed by atoms with Crippen molar-refractivity contribution in [1.82, 2.24) is 9.88 Å². The number of aromatic nitrogens is 1. The molecule has 1 fully saturated rings. The van der Waals surface area contributed by atoms with Crippen molar-refractivity contribution in [2.75, 3.05) is 31.1 Å². The largest absolute Gasteiger partial charge is 0.369 e. The molecule has 1 aliphatic rings. The van der Waals surface area contributed by atoms with Crippen molar-refractivity contribution >= 4 is 5.69 Å². The van der Waals surface area contributed by atoms with E-state index in [1.165, 1.54) is 11.3 Å². The first-order chi connectivity index (χ1) is 10.3. The van der Waals surface area contributed by atoms with Crippen molar-refractivity contribution in [1.29, 1.82) is 0 Å². The molecule has 1 aromatic heterocycles. The topological polar surface area (TPSA) is 45.4 Å². The normalized spacial score (nSPS) is 16.1. The van der Waals surface area contributed by atoms with Crippen molar-refractivity contribution < 1.29 is 0 Å². The number of benzene rings is 1. The number of hydrogen-bond donors (Lipinski definition) is 1. The summed E-state index contributed by atoms with van der Waals surface area (Å²) < 4.78 is 0. The van der Waals surface area contributed by atoms with Gasteiger partial charge in [0.15, 0.2) is 0 Å². The number of rotatable bonds is 4. The molecule has 0 atom stereocenters. The molecule has 21 heavy (non-hydrogen) atoms. The van der Waals surface area contributed by atoms with Crippen LogP contribution in [0.3, 0.4) is 0 Å². The van der Waals surface area contributed by atoms with Gasteiger partial charge in [-0.1, -0.05) is 18.2 Å². The van der Waals surface area contributed by atoms with E-state index in [4.69, 9.17) is 5.73 Å². The van der Waals surface area contributed by atoms with E-state index in [9.17, 15) is 0 Å². The van der Waals surface area contributed by atoms with Crippen LogP contribution < -0.4 is 10.6 Å². The zero-order valence-corrected chi connectivity index (χ0v) is 12.3. The molecule has 0 aliphatic carbocycles. The van der Waals surface area contributed by atoms with Gasteiger partial charge in [-0.3, -0.25) is 9.88 Å². The van der Waals surface area contributed by atoms with E-state index in [1.54, 1.807) is 0 Å². The Kier molecular flexibility index (Phi) is 4.48. The van der Waals surface area contributed by atoms with Crippen LogP contribution in [0.25, 0.3) is 0 Å². The summed E-state index contributed by atoms with van der Waals surface area (Å²) >= 11 is 0. The van der Waals surface area contributed by atoms with E-state index in [1.807, 2.05) is 12.3 Å². The molecule has 110 valence electrons. The summed E-state index contributed by atoms with van der Waals surface area (Å²) in [5.74, 6) is 0. The molecule has 2 heterocycles. The van der Waals surface area contributed by atoms with Crippen LogP contribution in [0.4, 0.5) is 5.69 Å². The Morgan fingerprint density at radius 1 is 0.952 bits per heavy atom. The molecule has 0 bridgehead atoms. The highest BCUT2D eigenvalue weighted by molar-refractivity contribution is 5.48. The molecular formula is C17H22N4. The van der Waals surface area contributed by atoms with Gasteiger partial charge in [0.25, 0.3) is 0 Å². The Morgan fingerprint density at radius 3 is 2.33 bits per heavy atom. The van der Waals surface area contributed by atoms with Crippen molar-refractivity contribution in [3.63, 3.8) is 0 Å². The van der Waals surface area contributed by atoms with Crippen molar-refractivity contribution in [3.8, 4) is 0 Å². The predicted molar refractivity (Wildman–Crippen MR) is 86.1 cm³/mol. The van der Waals surface area contributed by atoms with Gasteiger partial charge in [-0.05, 0) is 29.8 Å². The smallest absolute Gasteiger partial charge is 0.0543 e. The SMILES string of the molecule is NCc1ccc(N2CCN(Cc3ccccn3)CC2)cc1. The fourth-order valence-electron chi connectivity index (χ4n) is 2.73. The molecule has 1 saturated heterocycles. The highest BCUT2D eigenvalue weighted by Gasteiger charge is 2.17. The van der Waals surface area contributed by atoms with Gasteiger partial charge >= 0.3 is 0 Å². The first kappa shape index (κ1) is 14.0. The molecule has 0 spiro atoms. The van der Waals surface area contributed by atoms with Crippen LogP contribution in [0.1, 0.15) is 11.3 Å². The molecule has 4 nitrogen and oxygen atoms in total. The predicted octanol–water partition coefficient (Wildman–Crippen LogP) is 1.86. The summed E-state index contributed by atoms with van der Waals surface area (Å²) in [5.41, 5.74) is 9.28. The quantitative estimate of drug-likeness (QED) is 0.930. The zero-order valence-electron chi connectivity index (χ0n) is 12.3. The van der Waals surface area contributed by atoms with Gasteiger partial charge in [-0.15, -0.1) is 0 Å². The zero-order chi connectivity index (χ0) is 14.5. The number of nitrogens with zero attached hydrogens (tertiary/aromatic N) is 3. The van der Waals surface area contributed by atoms with E-state index >= 15 is 0 Å². The monoisotopic (exact) mass is 282 g/mol. The maximum atomic E-state index is 5.64. The number of anilines is 1. The average Bonchev–Trinajstić information content (AvgIpc) is 2.57. The first-order valence-corrected chi connectivity index (χ1v) is 7.51. The standard InChI is InChI=1S/C17H22N4/c18-13-15-4-6-17(7-5-15)21-11-9-20(10-12-21)14-16-3-1-2-8-19-16/h1-8H,9-14,18H2. The van der Waals surface area contributed by atoms with Gasteiger partial charge < -0.3 is 10.6 Å². The maximum Gasteiger partial charge on any atom is 0.0543 e. The maximum absolute atomic E-state index is 5.64. The van der Waals surface area contributed by atoms with Crippen LogP contribution in [0.15, 0.2) is 48.7 Å². The first-order valence-electron chi connectivity index (χ1n) is 7.51. The molecule has 1 aliphatic heterocycles.